The Morgan fingerprint density at radius 1 is 1.04 bits per heavy atom. The number of aromatic nitrogens is 1. The summed E-state index contributed by atoms with van der Waals surface area (Å²) in [6.07, 6.45) is 6.58. The Labute approximate surface area is 138 Å². The number of carbonyl (C=O) groups is 2. The number of hydrogen-bond acceptors (Lipinski definition) is 3. The zero-order valence-electron chi connectivity index (χ0n) is 14.3. The van der Waals surface area contributed by atoms with Crippen LogP contribution in [0.25, 0.3) is 0 Å². The Morgan fingerprint density at radius 2 is 1.57 bits per heavy atom. The number of pyridine rings is 1. The lowest BCUT2D eigenvalue weighted by molar-refractivity contribution is -0.131. The highest BCUT2D eigenvalue weighted by Crippen LogP contribution is 2.29. The Bertz CT molecular complexity index is 529. The summed E-state index contributed by atoms with van der Waals surface area (Å²) in [7, 11) is 0. The molecule has 23 heavy (non-hydrogen) atoms. The van der Waals surface area contributed by atoms with Crippen molar-refractivity contribution in [2.24, 2.45) is 11.8 Å². The summed E-state index contributed by atoms with van der Waals surface area (Å²) in [5.41, 5.74) is 0.849. The van der Waals surface area contributed by atoms with Crippen molar-refractivity contribution in [3.8, 4) is 0 Å². The highest BCUT2D eigenvalue weighted by atomic mass is 16.2. The third-order valence-corrected chi connectivity index (χ3v) is 4.18. The minimum atomic E-state index is -0.199. The fourth-order valence-electron chi connectivity index (χ4n) is 2.92. The van der Waals surface area contributed by atoms with E-state index in [0.29, 0.717) is 6.54 Å². The topological polar surface area (TPSA) is 71.1 Å². The Kier molecular flexibility index (Phi) is 5.74. The average Bonchev–Trinajstić information content (AvgIpc) is 2.52. The molecule has 1 aliphatic rings. The summed E-state index contributed by atoms with van der Waals surface area (Å²) >= 11 is 0. The van der Waals surface area contributed by atoms with Crippen molar-refractivity contribution in [2.75, 3.05) is 0 Å². The molecule has 0 radical (unpaired) electrons. The highest BCUT2D eigenvalue weighted by molar-refractivity contribution is 5.81. The SMILES string of the molecule is CC(C)(C)NC(=O)C1CCC(C(=O)NCc2ccncc2)CC1. The summed E-state index contributed by atoms with van der Waals surface area (Å²) in [4.78, 5) is 28.4. The molecular weight excluding hydrogens is 290 g/mol. The molecule has 1 aliphatic carbocycles. The highest BCUT2D eigenvalue weighted by Gasteiger charge is 2.31. The number of nitrogens with zero attached hydrogens (tertiary/aromatic N) is 1. The van der Waals surface area contributed by atoms with Crippen LogP contribution in [0.3, 0.4) is 0 Å². The second-order valence-corrected chi connectivity index (χ2v) is 7.36. The van der Waals surface area contributed by atoms with Gasteiger partial charge in [-0.1, -0.05) is 0 Å². The van der Waals surface area contributed by atoms with Gasteiger partial charge in [0, 0.05) is 36.3 Å². The van der Waals surface area contributed by atoms with E-state index in [1.807, 2.05) is 32.9 Å². The van der Waals surface area contributed by atoms with Gasteiger partial charge < -0.3 is 10.6 Å². The molecule has 5 heteroatoms. The normalized spacial score (nSPS) is 21.5. The number of hydrogen-bond donors (Lipinski definition) is 2. The summed E-state index contributed by atoms with van der Waals surface area (Å²) in [6.45, 7) is 6.50. The zero-order valence-corrected chi connectivity index (χ0v) is 14.3. The first-order chi connectivity index (χ1) is 10.8. The van der Waals surface area contributed by atoms with Crippen LogP contribution in [0.4, 0.5) is 0 Å². The largest absolute Gasteiger partial charge is 0.352 e. The molecule has 0 unspecified atom stereocenters. The van der Waals surface area contributed by atoms with Crippen molar-refractivity contribution >= 4 is 11.8 Å². The Morgan fingerprint density at radius 3 is 2.09 bits per heavy atom. The summed E-state index contributed by atoms with van der Waals surface area (Å²) in [5.74, 6) is 0.277. The number of amides is 2. The lowest BCUT2D eigenvalue weighted by Crippen LogP contribution is -2.45. The van der Waals surface area contributed by atoms with Gasteiger partial charge in [-0.2, -0.15) is 0 Å². The minimum Gasteiger partial charge on any atom is -0.352 e. The van der Waals surface area contributed by atoms with E-state index in [9.17, 15) is 9.59 Å². The summed E-state index contributed by atoms with van der Waals surface area (Å²) in [6, 6.07) is 3.79. The van der Waals surface area contributed by atoms with Gasteiger partial charge in [0.05, 0.1) is 0 Å². The molecule has 0 spiro atoms. The van der Waals surface area contributed by atoms with Gasteiger partial charge in [-0.05, 0) is 64.2 Å². The van der Waals surface area contributed by atoms with Crippen molar-refractivity contribution in [1.29, 1.82) is 0 Å². The Balaban J connectivity index is 1.75. The van der Waals surface area contributed by atoms with Gasteiger partial charge in [0.1, 0.15) is 0 Å². The van der Waals surface area contributed by atoms with Gasteiger partial charge in [-0.15, -0.1) is 0 Å². The molecule has 0 saturated heterocycles. The average molecular weight is 317 g/mol. The molecule has 0 bridgehead atoms. The molecule has 2 amide bonds. The van der Waals surface area contributed by atoms with E-state index in [-0.39, 0.29) is 29.2 Å². The first kappa shape index (κ1) is 17.4. The van der Waals surface area contributed by atoms with E-state index < -0.39 is 0 Å². The number of carbonyl (C=O) groups excluding carboxylic acids is 2. The van der Waals surface area contributed by atoms with Gasteiger partial charge >= 0.3 is 0 Å². The van der Waals surface area contributed by atoms with Crippen LogP contribution in [0.2, 0.25) is 0 Å². The molecule has 126 valence electrons. The molecule has 2 rings (SSSR count). The summed E-state index contributed by atoms with van der Waals surface area (Å²) < 4.78 is 0. The van der Waals surface area contributed by atoms with Crippen molar-refractivity contribution in [2.45, 2.75) is 58.5 Å². The fourth-order valence-corrected chi connectivity index (χ4v) is 2.92. The summed E-state index contributed by atoms with van der Waals surface area (Å²) in [5, 5.41) is 6.02. The Hall–Kier alpha value is -1.91. The lowest BCUT2D eigenvalue weighted by atomic mass is 9.81. The lowest BCUT2D eigenvalue weighted by Gasteiger charge is -2.30. The second kappa shape index (κ2) is 7.57. The molecule has 1 heterocycles. The van der Waals surface area contributed by atoms with Crippen molar-refractivity contribution in [3.63, 3.8) is 0 Å². The smallest absolute Gasteiger partial charge is 0.223 e. The quantitative estimate of drug-likeness (QED) is 0.896. The molecule has 1 fully saturated rings. The minimum absolute atomic E-state index is 0.0236. The molecule has 0 atom stereocenters. The van der Waals surface area contributed by atoms with Crippen LogP contribution < -0.4 is 10.6 Å². The predicted molar refractivity (Wildman–Crippen MR) is 89.4 cm³/mol. The monoisotopic (exact) mass is 317 g/mol. The molecule has 0 aliphatic heterocycles. The standard InChI is InChI=1S/C18H27N3O2/c1-18(2,3)21-17(23)15-6-4-14(5-7-15)16(22)20-12-13-8-10-19-11-9-13/h8-11,14-15H,4-7,12H2,1-3H3,(H,20,22)(H,21,23). The zero-order chi connectivity index (χ0) is 16.9. The first-order valence-corrected chi connectivity index (χ1v) is 8.34. The molecule has 1 aromatic rings. The van der Waals surface area contributed by atoms with Gasteiger partial charge in [0.15, 0.2) is 0 Å². The van der Waals surface area contributed by atoms with Crippen LogP contribution in [0.15, 0.2) is 24.5 Å². The maximum absolute atomic E-state index is 12.2. The van der Waals surface area contributed by atoms with Crippen LogP contribution in [0, 0.1) is 11.8 Å². The van der Waals surface area contributed by atoms with Crippen LogP contribution in [-0.2, 0) is 16.1 Å². The third-order valence-electron chi connectivity index (χ3n) is 4.18. The van der Waals surface area contributed by atoms with Crippen LogP contribution in [0.5, 0.6) is 0 Å². The van der Waals surface area contributed by atoms with E-state index in [4.69, 9.17) is 0 Å². The molecule has 2 N–H and O–H groups in total. The van der Waals surface area contributed by atoms with Crippen LogP contribution in [-0.4, -0.2) is 22.3 Å². The van der Waals surface area contributed by atoms with Crippen LogP contribution >= 0.6 is 0 Å². The van der Waals surface area contributed by atoms with Gasteiger partial charge in [-0.25, -0.2) is 0 Å². The molecule has 1 saturated carbocycles. The van der Waals surface area contributed by atoms with E-state index >= 15 is 0 Å². The maximum atomic E-state index is 12.2. The van der Waals surface area contributed by atoms with E-state index in [1.165, 1.54) is 0 Å². The first-order valence-electron chi connectivity index (χ1n) is 8.34. The van der Waals surface area contributed by atoms with Crippen molar-refractivity contribution in [3.05, 3.63) is 30.1 Å². The molecule has 0 aromatic carbocycles. The fraction of sp³-hybridized carbons (Fsp3) is 0.611. The van der Waals surface area contributed by atoms with Crippen molar-refractivity contribution < 1.29 is 9.59 Å². The maximum Gasteiger partial charge on any atom is 0.223 e. The third kappa shape index (κ3) is 5.66. The number of rotatable bonds is 4. The van der Waals surface area contributed by atoms with Gasteiger partial charge in [-0.3, -0.25) is 14.6 Å². The molecule has 5 nitrogen and oxygen atoms in total. The molecule has 1 aromatic heterocycles. The second-order valence-electron chi connectivity index (χ2n) is 7.36. The van der Waals surface area contributed by atoms with E-state index in [2.05, 4.69) is 15.6 Å². The number of nitrogens with one attached hydrogen (secondary N) is 2. The van der Waals surface area contributed by atoms with E-state index in [0.717, 1.165) is 31.2 Å². The van der Waals surface area contributed by atoms with Crippen molar-refractivity contribution in [1.82, 2.24) is 15.6 Å². The predicted octanol–water partition coefficient (Wildman–Crippen LogP) is 2.42. The van der Waals surface area contributed by atoms with Crippen LogP contribution in [0.1, 0.15) is 52.0 Å². The van der Waals surface area contributed by atoms with Gasteiger partial charge in [0.2, 0.25) is 11.8 Å². The van der Waals surface area contributed by atoms with E-state index in [1.54, 1.807) is 12.4 Å². The molecular formula is C18H27N3O2. The van der Waals surface area contributed by atoms with Gasteiger partial charge in [0.25, 0.3) is 0 Å².